The van der Waals surface area contributed by atoms with Gasteiger partial charge in [-0.1, -0.05) is 30.9 Å². The minimum absolute atomic E-state index is 0.221. The van der Waals surface area contributed by atoms with Crippen LogP contribution in [0.1, 0.15) is 32.1 Å². The first-order valence-corrected chi connectivity index (χ1v) is 7.32. The first-order chi connectivity index (χ1) is 8.16. The van der Waals surface area contributed by atoms with E-state index in [0.29, 0.717) is 5.02 Å². The third-order valence-electron chi connectivity index (χ3n) is 3.17. The fourth-order valence-electron chi connectivity index (χ4n) is 2.16. The van der Waals surface area contributed by atoms with Crippen molar-refractivity contribution in [1.82, 2.24) is 0 Å². The Bertz CT molecular complexity index is 386. The van der Waals surface area contributed by atoms with Gasteiger partial charge in [0, 0.05) is 20.9 Å². The van der Waals surface area contributed by atoms with Crippen molar-refractivity contribution >= 4 is 29.1 Å². The molecule has 2 atom stereocenters. The highest BCUT2D eigenvalue weighted by molar-refractivity contribution is 8.00. The van der Waals surface area contributed by atoms with Gasteiger partial charge in [0.05, 0.1) is 6.10 Å². The van der Waals surface area contributed by atoms with E-state index < -0.39 is 0 Å². The maximum absolute atomic E-state index is 10.1. The lowest BCUT2D eigenvalue weighted by atomic mass is 10.1. The van der Waals surface area contributed by atoms with E-state index in [2.05, 4.69) is 0 Å². The van der Waals surface area contributed by atoms with Crippen LogP contribution in [0.2, 0.25) is 5.02 Å². The molecule has 2 rings (SSSR count). The zero-order valence-corrected chi connectivity index (χ0v) is 11.3. The lowest BCUT2D eigenvalue weighted by Crippen LogP contribution is -2.21. The van der Waals surface area contributed by atoms with Gasteiger partial charge < -0.3 is 10.8 Å². The van der Waals surface area contributed by atoms with E-state index in [1.807, 2.05) is 12.1 Å². The Morgan fingerprint density at radius 2 is 2.00 bits per heavy atom. The molecule has 0 amide bonds. The number of anilines is 1. The van der Waals surface area contributed by atoms with Gasteiger partial charge in [0.15, 0.2) is 0 Å². The average molecular weight is 272 g/mol. The van der Waals surface area contributed by atoms with Gasteiger partial charge in [-0.15, -0.1) is 11.8 Å². The molecule has 4 heteroatoms. The Labute approximate surface area is 112 Å². The summed E-state index contributed by atoms with van der Waals surface area (Å²) in [5.74, 6) is 0. The van der Waals surface area contributed by atoms with Crippen LogP contribution in [0.25, 0.3) is 0 Å². The highest BCUT2D eigenvalue weighted by Crippen LogP contribution is 2.36. The molecule has 17 heavy (non-hydrogen) atoms. The molecule has 1 aromatic carbocycles. The van der Waals surface area contributed by atoms with E-state index >= 15 is 0 Å². The summed E-state index contributed by atoms with van der Waals surface area (Å²) >= 11 is 7.64. The largest absolute Gasteiger partial charge is 0.398 e. The van der Waals surface area contributed by atoms with E-state index in [9.17, 15) is 5.11 Å². The molecule has 0 saturated heterocycles. The quantitative estimate of drug-likeness (QED) is 0.637. The molecule has 0 aliphatic heterocycles. The number of thioether (sulfide) groups is 1. The Hall–Kier alpha value is -0.380. The Morgan fingerprint density at radius 3 is 2.82 bits per heavy atom. The average Bonchev–Trinajstić information content (AvgIpc) is 2.50. The predicted molar refractivity (Wildman–Crippen MR) is 74.6 cm³/mol. The summed E-state index contributed by atoms with van der Waals surface area (Å²) in [7, 11) is 0. The van der Waals surface area contributed by atoms with E-state index in [1.54, 1.807) is 17.8 Å². The van der Waals surface area contributed by atoms with Crippen molar-refractivity contribution in [2.75, 3.05) is 5.73 Å². The smallest absolute Gasteiger partial charge is 0.0662 e. The van der Waals surface area contributed by atoms with Crippen molar-refractivity contribution in [2.45, 2.75) is 48.4 Å². The van der Waals surface area contributed by atoms with Gasteiger partial charge in [0.25, 0.3) is 0 Å². The van der Waals surface area contributed by atoms with Crippen LogP contribution in [-0.2, 0) is 0 Å². The summed E-state index contributed by atoms with van der Waals surface area (Å²) in [5, 5.41) is 11.0. The third kappa shape index (κ3) is 3.54. The number of aliphatic hydroxyl groups is 1. The van der Waals surface area contributed by atoms with Crippen LogP contribution in [0.15, 0.2) is 23.1 Å². The lowest BCUT2D eigenvalue weighted by Gasteiger charge is -2.20. The summed E-state index contributed by atoms with van der Waals surface area (Å²) in [5.41, 5.74) is 6.68. The number of aliphatic hydroxyl groups excluding tert-OH is 1. The fourth-order valence-corrected chi connectivity index (χ4v) is 3.70. The van der Waals surface area contributed by atoms with Gasteiger partial charge in [-0.3, -0.25) is 0 Å². The SMILES string of the molecule is Nc1ccc(Cl)cc1SC1CCCCCC1O. The molecule has 1 aliphatic carbocycles. The molecule has 1 aliphatic rings. The zero-order chi connectivity index (χ0) is 12.3. The van der Waals surface area contributed by atoms with Gasteiger partial charge in [0.1, 0.15) is 0 Å². The summed E-state index contributed by atoms with van der Waals surface area (Å²) in [6, 6.07) is 5.51. The fraction of sp³-hybridized carbons (Fsp3) is 0.538. The Morgan fingerprint density at radius 1 is 1.24 bits per heavy atom. The first-order valence-electron chi connectivity index (χ1n) is 6.06. The summed E-state index contributed by atoms with van der Waals surface area (Å²) in [6.45, 7) is 0. The topological polar surface area (TPSA) is 46.2 Å². The lowest BCUT2D eigenvalue weighted by molar-refractivity contribution is 0.163. The molecule has 1 fully saturated rings. The van der Waals surface area contributed by atoms with Crippen molar-refractivity contribution < 1.29 is 5.11 Å². The Kier molecular flexibility index (Phi) is 4.60. The number of nitrogen functional groups attached to an aromatic ring is 1. The normalized spacial score (nSPS) is 25.5. The Balaban J connectivity index is 2.10. The van der Waals surface area contributed by atoms with Crippen LogP contribution < -0.4 is 5.73 Å². The van der Waals surface area contributed by atoms with Gasteiger partial charge >= 0.3 is 0 Å². The van der Waals surface area contributed by atoms with E-state index in [0.717, 1.165) is 29.8 Å². The molecule has 3 N–H and O–H groups in total. The number of halogens is 1. The van der Waals surface area contributed by atoms with Crippen LogP contribution >= 0.6 is 23.4 Å². The van der Waals surface area contributed by atoms with Crippen molar-refractivity contribution in [3.05, 3.63) is 23.2 Å². The first kappa shape index (κ1) is 13.1. The minimum atomic E-state index is -0.221. The molecule has 2 nitrogen and oxygen atoms in total. The highest BCUT2D eigenvalue weighted by atomic mass is 35.5. The number of benzene rings is 1. The van der Waals surface area contributed by atoms with Crippen LogP contribution in [0.4, 0.5) is 5.69 Å². The summed E-state index contributed by atoms with van der Waals surface area (Å²) in [6.07, 6.45) is 5.27. The van der Waals surface area contributed by atoms with E-state index in [-0.39, 0.29) is 11.4 Å². The number of nitrogens with two attached hydrogens (primary N) is 1. The highest BCUT2D eigenvalue weighted by Gasteiger charge is 2.23. The van der Waals surface area contributed by atoms with Gasteiger partial charge in [-0.05, 0) is 31.0 Å². The molecular formula is C13H18ClNOS. The second kappa shape index (κ2) is 5.98. The number of rotatable bonds is 2. The molecule has 0 radical (unpaired) electrons. The second-order valence-electron chi connectivity index (χ2n) is 4.54. The molecular weight excluding hydrogens is 254 g/mol. The van der Waals surface area contributed by atoms with Crippen molar-refractivity contribution in [3.8, 4) is 0 Å². The van der Waals surface area contributed by atoms with Gasteiger partial charge in [0.2, 0.25) is 0 Å². The standard InChI is InChI=1S/C13H18ClNOS/c14-9-6-7-10(15)13(8-9)17-12-5-3-1-2-4-11(12)16/h6-8,11-12,16H,1-5,15H2. The molecule has 94 valence electrons. The van der Waals surface area contributed by atoms with E-state index in [4.69, 9.17) is 17.3 Å². The maximum atomic E-state index is 10.1. The third-order valence-corrected chi connectivity index (χ3v) is 4.87. The van der Waals surface area contributed by atoms with Crippen LogP contribution in [0.3, 0.4) is 0 Å². The molecule has 0 bridgehead atoms. The van der Waals surface area contributed by atoms with Gasteiger partial charge in [-0.2, -0.15) is 0 Å². The second-order valence-corrected chi connectivity index (χ2v) is 6.26. The van der Waals surface area contributed by atoms with Crippen LogP contribution in [-0.4, -0.2) is 16.5 Å². The monoisotopic (exact) mass is 271 g/mol. The summed E-state index contributed by atoms with van der Waals surface area (Å²) in [4.78, 5) is 0.989. The van der Waals surface area contributed by atoms with E-state index in [1.165, 1.54) is 12.8 Å². The molecule has 2 unspecified atom stereocenters. The summed E-state index contributed by atoms with van der Waals surface area (Å²) < 4.78 is 0. The van der Waals surface area contributed by atoms with Crippen LogP contribution in [0.5, 0.6) is 0 Å². The molecule has 1 aromatic rings. The van der Waals surface area contributed by atoms with Crippen molar-refractivity contribution in [1.29, 1.82) is 0 Å². The molecule has 0 aromatic heterocycles. The maximum Gasteiger partial charge on any atom is 0.0662 e. The van der Waals surface area contributed by atoms with Crippen molar-refractivity contribution in [2.24, 2.45) is 0 Å². The zero-order valence-electron chi connectivity index (χ0n) is 9.73. The molecule has 0 heterocycles. The molecule has 1 saturated carbocycles. The number of hydrogen-bond donors (Lipinski definition) is 2. The van der Waals surface area contributed by atoms with Crippen LogP contribution in [0, 0.1) is 0 Å². The predicted octanol–water partition coefficient (Wildman–Crippen LogP) is 3.71. The van der Waals surface area contributed by atoms with Gasteiger partial charge in [-0.25, -0.2) is 0 Å². The minimum Gasteiger partial charge on any atom is -0.398 e. The molecule has 0 spiro atoms. The van der Waals surface area contributed by atoms with Crippen molar-refractivity contribution in [3.63, 3.8) is 0 Å². The number of hydrogen-bond acceptors (Lipinski definition) is 3.